The molecule has 0 radical (unpaired) electrons. The Hall–Kier alpha value is -0.320. The minimum absolute atomic E-state index is 0. The van der Waals surface area contributed by atoms with Crippen molar-refractivity contribution in [3.8, 4) is 0 Å². The molecular formula is C15H30ClN3O. The number of hydrogen-bond acceptors (Lipinski definition) is 3. The van der Waals surface area contributed by atoms with Crippen LogP contribution in [0.5, 0.6) is 0 Å². The van der Waals surface area contributed by atoms with Crippen molar-refractivity contribution in [3.63, 3.8) is 0 Å². The summed E-state index contributed by atoms with van der Waals surface area (Å²) in [4.78, 5) is 14.8. The van der Waals surface area contributed by atoms with E-state index in [4.69, 9.17) is 0 Å². The molecule has 2 fully saturated rings. The lowest BCUT2D eigenvalue weighted by molar-refractivity contribution is -0.126. The molecule has 1 amide bonds. The Kier molecular flexibility index (Phi) is 6.76. The Morgan fingerprint density at radius 1 is 1.45 bits per heavy atom. The van der Waals surface area contributed by atoms with Crippen LogP contribution in [0.2, 0.25) is 0 Å². The molecule has 5 heteroatoms. The summed E-state index contributed by atoms with van der Waals surface area (Å²) in [5.41, 5.74) is 0.0768. The largest absolute Gasteiger partial charge is 0.354 e. The highest BCUT2D eigenvalue weighted by Crippen LogP contribution is 2.30. The first kappa shape index (κ1) is 17.7. The maximum Gasteiger partial charge on any atom is 0.237 e. The van der Waals surface area contributed by atoms with E-state index in [0.717, 1.165) is 32.6 Å². The number of nitrogens with one attached hydrogen (secondary N) is 2. The second-order valence-corrected chi connectivity index (χ2v) is 6.77. The van der Waals surface area contributed by atoms with Crippen molar-refractivity contribution in [2.75, 3.05) is 32.7 Å². The Balaban J connectivity index is 0.00000200. The van der Waals surface area contributed by atoms with Crippen molar-refractivity contribution in [3.05, 3.63) is 0 Å². The molecule has 0 aliphatic carbocycles. The van der Waals surface area contributed by atoms with Crippen LogP contribution in [0.1, 0.15) is 40.0 Å². The van der Waals surface area contributed by atoms with Crippen molar-refractivity contribution < 1.29 is 4.79 Å². The third-order valence-electron chi connectivity index (χ3n) is 4.77. The maximum atomic E-state index is 12.3. The van der Waals surface area contributed by atoms with E-state index in [9.17, 15) is 4.79 Å². The summed E-state index contributed by atoms with van der Waals surface area (Å²) in [5, 5.41) is 6.55. The van der Waals surface area contributed by atoms with Crippen molar-refractivity contribution >= 4 is 18.3 Å². The quantitative estimate of drug-likeness (QED) is 0.830. The van der Waals surface area contributed by atoms with Crippen LogP contribution in [-0.4, -0.2) is 49.6 Å². The molecule has 0 spiro atoms. The molecule has 2 aliphatic rings. The molecule has 2 unspecified atom stereocenters. The molecule has 2 rings (SSSR count). The van der Waals surface area contributed by atoms with Gasteiger partial charge in [-0.25, -0.2) is 0 Å². The maximum absolute atomic E-state index is 12.3. The smallest absolute Gasteiger partial charge is 0.237 e. The molecule has 0 aromatic carbocycles. The van der Waals surface area contributed by atoms with Crippen LogP contribution in [-0.2, 0) is 4.79 Å². The third kappa shape index (κ3) is 4.34. The van der Waals surface area contributed by atoms with Gasteiger partial charge in [0, 0.05) is 13.1 Å². The van der Waals surface area contributed by atoms with Gasteiger partial charge in [-0.2, -0.15) is 0 Å². The van der Waals surface area contributed by atoms with E-state index in [0.29, 0.717) is 5.92 Å². The van der Waals surface area contributed by atoms with Gasteiger partial charge in [-0.1, -0.05) is 20.8 Å². The van der Waals surface area contributed by atoms with Crippen LogP contribution in [0.15, 0.2) is 0 Å². The Morgan fingerprint density at radius 2 is 2.20 bits per heavy atom. The fraction of sp³-hybridized carbons (Fsp3) is 0.933. The number of carbonyl (C=O) groups is 1. The number of likely N-dealkylation sites (tertiary alicyclic amines) is 1. The van der Waals surface area contributed by atoms with Crippen LogP contribution in [0, 0.1) is 11.3 Å². The highest BCUT2D eigenvalue weighted by atomic mass is 35.5. The van der Waals surface area contributed by atoms with Gasteiger partial charge in [0.05, 0.1) is 6.04 Å². The first-order chi connectivity index (χ1) is 9.03. The predicted octanol–water partition coefficient (Wildman–Crippen LogP) is 1.64. The normalized spacial score (nSPS) is 29.8. The first-order valence-corrected chi connectivity index (χ1v) is 7.76. The fourth-order valence-corrected chi connectivity index (χ4v) is 3.37. The second-order valence-electron chi connectivity index (χ2n) is 6.77. The minimum Gasteiger partial charge on any atom is -0.354 e. The fourth-order valence-electron chi connectivity index (χ4n) is 3.37. The summed E-state index contributed by atoms with van der Waals surface area (Å²) in [6, 6.07) is -0.0232. The van der Waals surface area contributed by atoms with Crippen LogP contribution < -0.4 is 10.6 Å². The van der Waals surface area contributed by atoms with Gasteiger partial charge in [-0.05, 0) is 50.2 Å². The molecule has 2 atom stereocenters. The van der Waals surface area contributed by atoms with Crippen LogP contribution in [0.25, 0.3) is 0 Å². The number of halogens is 1. The van der Waals surface area contributed by atoms with Gasteiger partial charge < -0.3 is 15.5 Å². The molecule has 2 heterocycles. The molecule has 2 aliphatic heterocycles. The Morgan fingerprint density at radius 3 is 2.80 bits per heavy atom. The summed E-state index contributed by atoms with van der Waals surface area (Å²) >= 11 is 0. The van der Waals surface area contributed by atoms with Gasteiger partial charge in [0.25, 0.3) is 0 Å². The van der Waals surface area contributed by atoms with Crippen molar-refractivity contribution in [1.82, 2.24) is 15.5 Å². The summed E-state index contributed by atoms with van der Waals surface area (Å²) in [6.07, 6.45) is 3.52. The topological polar surface area (TPSA) is 44.4 Å². The molecule has 4 nitrogen and oxygen atoms in total. The summed E-state index contributed by atoms with van der Waals surface area (Å²) in [6.45, 7) is 11.8. The SMILES string of the molecule is CCN1CCC(CNC(=O)C2NCCCC2(C)C)C1.Cl. The van der Waals surface area contributed by atoms with E-state index in [-0.39, 0.29) is 29.8 Å². The summed E-state index contributed by atoms with van der Waals surface area (Å²) < 4.78 is 0. The van der Waals surface area contributed by atoms with Crippen molar-refractivity contribution in [1.29, 1.82) is 0 Å². The van der Waals surface area contributed by atoms with Crippen LogP contribution in [0.3, 0.4) is 0 Å². The number of nitrogens with zero attached hydrogens (tertiary/aromatic N) is 1. The van der Waals surface area contributed by atoms with Crippen molar-refractivity contribution in [2.24, 2.45) is 11.3 Å². The number of rotatable bonds is 4. The van der Waals surface area contributed by atoms with Gasteiger partial charge in [-0.3, -0.25) is 4.79 Å². The van der Waals surface area contributed by atoms with E-state index >= 15 is 0 Å². The molecule has 118 valence electrons. The zero-order valence-corrected chi connectivity index (χ0v) is 13.9. The molecule has 0 aromatic heterocycles. The number of amides is 1. The Labute approximate surface area is 129 Å². The molecule has 2 saturated heterocycles. The van der Waals surface area contributed by atoms with Gasteiger partial charge in [0.15, 0.2) is 0 Å². The van der Waals surface area contributed by atoms with Gasteiger partial charge in [0.2, 0.25) is 5.91 Å². The molecule has 0 aromatic rings. The average molecular weight is 304 g/mol. The molecule has 0 saturated carbocycles. The van der Waals surface area contributed by atoms with Gasteiger partial charge >= 0.3 is 0 Å². The molecule has 20 heavy (non-hydrogen) atoms. The van der Waals surface area contributed by atoms with Crippen LogP contribution in [0.4, 0.5) is 0 Å². The van der Waals surface area contributed by atoms with Gasteiger partial charge in [0.1, 0.15) is 0 Å². The number of piperidine rings is 1. The zero-order valence-electron chi connectivity index (χ0n) is 13.1. The van der Waals surface area contributed by atoms with Crippen LogP contribution >= 0.6 is 12.4 Å². The van der Waals surface area contributed by atoms with E-state index in [2.05, 4.69) is 36.3 Å². The Bertz CT molecular complexity index is 322. The number of carbonyl (C=O) groups excluding carboxylic acids is 1. The van der Waals surface area contributed by atoms with E-state index in [1.54, 1.807) is 0 Å². The zero-order chi connectivity index (χ0) is 13.9. The monoisotopic (exact) mass is 303 g/mol. The highest BCUT2D eigenvalue weighted by Gasteiger charge is 2.37. The third-order valence-corrected chi connectivity index (χ3v) is 4.77. The lowest BCUT2D eigenvalue weighted by Crippen LogP contribution is -2.56. The molecular weight excluding hydrogens is 274 g/mol. The van der Waals surface area contributed by atoms with Gasteiger partial charge in [-0.15, -0.1) is 12.4 Å². The van der Waals surface area contributed by atoms with E-state index in [1.165, 1.54) is 19.4 Å². The lowest BCUT2D eigenvalue weighted by Gasteiger charge is -2.38. The molecule has 0 bridgehead atoms. The predicted molar refractivity (Wildman–Crippen MR) is 85.3 cm³/mol. The lowest BCUT2D eigenvalue weighted by atomic mass is 9.77. The van der Waals surface area contributed by atoms with E-state index in [1.807, 2.05) is 0 Å². The first-order valence-electron chi connectivity index (χ1n) is 7.76. The summed E-state index contributed by atoms with van der Waals surface area (Å²) in [7, 11) is 0. The van der Waals surface area contributed by atoms with E-state index < -0.39 is 0 Å². The second kappa shape index (κ2) is 7.62. The highest BCUT2D eigenvalue weighted by molar-refractivity contribution is 5.85. The minimum atomic E-state index is -0.0232. The van der Waals surface area contributed by atoms with Crippen molar-refractivity contribution in [2.45, 2.75) is 46.1 Å². The summed E-state index contributed by atoms with van der Waals surface area (Å²) in [5.74, 6) is 0.829. The average Bonchev–Trinajstić information content (AvgIpc) is 2.83. The molecule has 2 N–H and O–H groups in total. The number of hydrogen-bond donors (Lipinski definition) is 2. The standard InChI is InChI=1S/C15H29N3O.ClH/c1-4-18-9-6-12(11-18)10-17-14(19)13-15(2,3)7-5-8-16-13;/h12-13,16H,4-11H2,1-3H3,(H,17,19);1H.